The van der Waals surface area contributed by atoms with Gasteiger partial charge >= 0.3 is 0 Å². The molecule has 6 aliphatic rings. The van der Waals surface area contributed by atoms with Gasteiger partial charge in [-0.15, -0.1) is 0 Å². The van der Waals surface area contributed by atoms with Crippen molar-refractivity contribution in [1.82, 2.24) is 0 Å². The lowest BCUT2D eigenvalue weighted by molar-refractivity contribution is -0.386. The van der Waals surface area contributed by atoms with Crippen molar-refractivity contribution >= 4 is 0 Å². The van der Waals surface area contributed by atoms with E-state index in [0.29, 0.717) is 5.75 Å². The van der Waals surface area contributed by atoms with Crippen molar-refractivity contribution in [1.29, 1.82) is 0 Å². The summed E-state index contributed by atoms with van der Waals surface area (Å²) in [5.74, 6) is 0.826. The average molecular weight is 933 g/mol. The molecular formula is C45H56O21. The number of benzene rings is 3. The first-order valence-electron chi connectivity index (χ1n) is 21.8. The Morgan fingerprint density at radius 1 is 0.515 bits per heavy atom. The standard InChI is InChI=1S/C45H56O21/c1-54-23-12-14-24(15-13-23)58-42-32(50)29(47)36(25(16-46)59-42)64-43-33(51)30(48)37(26(60-43)18-55-17-21-8-4-2-5-9-21)65-45-35(53)40-39(28(62-45)19-56-40)66-44-34(52)31(49)38-27(61-44)20-57-41(63-38)22-10-6-3-7-11-22/h2-15,25-53H,16-20H2,1H3/t25-,26-,27-,28-,29-,30-,31-,32-,33-,34-,35-,36-,37-,38-,39-,40-,41-,42-,43+,44+,45+/m1/s1. The lowest BCUT2D eigenvalue weighted by Gasteiger charge is -2.49. The third kappa shape index (κ3) is 9.98. The molecule has 0 radical (unpaired) electrons. The van der Waals surface area contributed by atoms with Crippen LogP contribution in [0.5, 0.6) is 11.5 Å². The van der Waals surface area contributed by atoms with Gasteiger partial charge in [0, 0.05) is 5.56 Å². The molecule has 0 aliphatic carbocycles. The van der Waals surface area contributed by atoms with Crippen LogP contribution in [-0.2, 0) is 58.7 Å². The molecule has 21 atom stereocenters. The second kappa shape index (κ2) is 21.0. The Bertz CT molecular complexity index is 1970. The van der Waals surface area contributed by atoms with Crippen LogP contribution in [0.25, 0.3) is 0 Å². The summed E-state index contributed by atoms with van der Waals surface area (Å²) in [6, 6.07) is 24.7. The van der Waals surface area contributed by atoms with Crippen LogP contribution in [-0.4, -0.2) is 197 Å². The van der Waals surface area contributed by atoms with Crippen LogP contribution in [0.4, 0.5) is 0 Å². The minimum absolute atomic E-state index is 0.0243. The first-order chi connectivity index (χ1) is 32.0. The van der Waals surface area contributed by atoms with Crippen molar-refractivity contribution in [2.45, 2.75) is 136 Å². The molecule has 6 fully saturated rings. The number of aliphatic hydroxyl groups is 8. The van der Waals surface area contributed by atoms with Crippen LogP contribution < -0.4 is 9.47 Å². The maximum absolute atomic E-state index is 11.7. The smallest absolute Gasteiger partial charge is 0.229 e. The zero-order valence-corrected chi connectivity index (χ0v) is 35.6. The fraction of sp³-hybridized carbons (Fsp3) is 0.600. The summed E-state index contributed by atoms with van der Waals surface area (Å²) in [4.78, 5) is 0. The Morgan fingerprint density at radius 2 is 1.08 bits per heavy atom. The van der Waals surface area contributed by atoms with E-state index in [1.165, 1.54) is 7.11 Å². The zero-order valence-electron chi connectivity index (χ0n) is 35.6. The maximum Gasteiger partial charge on any atom is 0.229 e. The van der Waals surface area contributed by atoms with Crippen molar-refractivity contribution in [2.24, 2.45) is 0 Å². The van der Waals surface area contributed by atoms with E-state index in [1.54, 1.807) is 24.3 Å². The summed E-state index contributed by atoms with van der Waals surface area (Å²) >= 11 is 0. The van der Waals surface area contributed by atoms with Gasteiger partial charge in [-0.1, -0.05) is 60.7 Å². The largest absolute Gasteiger partial charge is 0.497 e. The molecule has 362 valence electrons. The van der Waals surface area contributed by atoms with E-state index in [0.717, 1.165) is 11.1 Å². The molecule has 3 aromatic rings. The molecule has 0 saturated carbocycles. The predicted molar refractivity (Wildman–Crippen MR) is 218 cm³/mol. The highest BCUT2D eigenvalue weighted by Gasteiger charge is 2.58. The highest BCUT2D eigenvalue weighted by Crippen LogP contribution is 2.40. The summed E-state index contributed by atoms with van der Waals surface area (Å²) in [7, 11) is 1.50. The quantitative estimate of drug-likeness (QED) is 0.0850. The van der Waals surface area contributed by atoms with E-state index in [1.807, 2.05) is 60.7 Å². The minimum atomic E-state index is -1.88. The molecule has 9 rings (SSSR count). The van der Waals surface area contributed by atoms with Gasteiger partial charge < -0.3 is 102 Å². The molecule has 2 bridgehead atoms. The normalized spacial score (nSPS) is 42.3. The third-order valence-electron chi connectivity index (χ3n) is 12.5. The van der Waals surface area contributed by atoms with Crippen LogP contribution >= 0.6 is 0 Å². The van der Waals surface area contributed by atoms with Gasteiger partial charge in [0.05, 0.1) is 40.1 Å². The van der Waals surface area contributed by atoms with Crippen LogP contribution in [0, 0.1) is 0 Å². The SMILES string of the molecule is COc1ccc(O[C@@H]2O[C@H](CO)[C@@H](O[C@@H]3O[C@H](COCc4ccccc4)[C@@H](O[C@@H]4O[C@@H]5CO[C@H]([C@H]4O)[C@@H]5O[C@@H]4O[C@@H]5CO[C@@H](c6ccccc6)O[C@H]5[C@H](O)[C@H]4O)[C@H](O)[C@H]3O)[C@H](O)[C@H]2O)cc1. The van der Waals surface area contributed by atoms with Crippen molar-refractivity contribution in [2.75, 3.05) is 33.5 Å². The molecule has 0 aromatic heterocycles. The van der Waals surface area contributed by atoms with Crippen LogP contribution in [0.15, 0.2) is 84.9 Å². The molecule has 6 saturated heterocycles. The van der Waals surface area contributed by atoms with Crippen LogP contribution in [0.1, 0.15) is 17.4 Å². The van der Waals surface area contributed by atoms with E-state index in [9.17, 15) is 40.9 Å². The Hall–Kier alpha value is -3.50. The summed E-state index contributed by atoms with van der Waals surface area (Å²) in [6.07, 6.45) is -28.8. The maximum atomic E-state index is 11.7. The second-order valence-corrected chi connectivity index (χ2v) is 16.9. The Balaban J connectivity index is 0.852. The first kappa shape index (κ1) is 47.6. The first-order valence-corrected chi connectivity index (χ1v) is 21.8. The van der Waals surface area contributed by atoms with Gasteiger partial charge in [0.2, 0.25) is 6.29 Å². The minimum Gasteiger partial charge on any atom is -0.497 e. The molecule has 0 unspecified atom stereocenters. The number of ether oxygens (including phenoxy) is 13. The van der Waals surface area contributed by atoms with Crippen molar-refractivity contribution < 1.29 is 102 Å². The number of hydrogen-bond donors (Lipinski definition) is 8. The Labute approximate surface area is 378 Å². The highest BCUT2D eigenvalue weighted by atomic mass is 16.8. The number of fused-ring (bicyclic) bond motifs is 3. The predicted octanol–water partition coefficient (Wildman–Crippen LogP) is -1.62. The molecule has 8 N–H and O–H groups in total. The van der Waals surface area contributed by atoms with Gasteiger partial charge in [-0.2, -0.15) is 0 Å². The highest BCUT2D eigenvalue weighted by molar-refractivity contribution is 5.31. The molecule has 21 heteroatoms. The molecule has 0 amide bonds. The monoisotopic (exact) mass is 932 g/mol. The number of hydrogen-bond acceptors (Lipinski definition) is 21. The molecule has 66 heavy (non-hydrogen) atoms. The summed E-state index contributed by atoms with van der Waals surface area (Å²) in [6.45, 7) is -0.907. The molecule has 0 spiro atoms. The van der Waals surface area contributed by atoms with Crippen molar-refractivity contribution in [3.05, 3.63) is 96.1 Å². The molecule has 21 nitrogen and oxygen atoms in total. The fourth-order valence-corrected chi connectivity index (χ4v) is 8.93. The molecule has 6 heterocycles. The summed E-state index contributed by atoms with van der Waals surface area (Å²) in [5, 5.41) is 89.7. The van der Waals surface area contributed by atoms with Gasteiger partial charge in [0.25, 0.3) is 0 Å². The van der Waals surface area contributed by atoms with E-state index in [-0.39, 0.29) is 32.2 Å². The van der Waals surface area contributed by atoms with Gasteiger partial charge in [-0.25, -0.2) is 0 Å². The van der Waals surface area contributed by atoms with Gasteiger partial charge in [-0.05, 0) is 29.8 Å². The van der Waals surface area contributed by atoms with Gasteiger partial charge in [0.1, 0.15) is 109 Å². The number of methoxy groups -OCH3 is 1. The number of rotatable bonds is 15. The lowest BCUT2D eigenvalue weighted by atomic mass is 9.96. The molecule has 6 aliphatic heterocycles. The average Bonchev–Trinajstić information content (AvgIpc) is 3.66. The van der Waals surface area contributed by atoms with Crippen molar-refractivity contribution in [3.8, 4) is 11.5 Å². The summed E-state index contributed by atoms with van der Waals surface area (Å²) in [5.41, 5.74) is 1.54. The molecular weight excluding hydrogens is 876 g/mol. The van der Waals surface area contributed by atoms with Crippen molar-refractivity contribution in [3.63, 3.8) is 0 Å². The lowest BCUT2D eigenvalue weighted by Crippen LogP contribution is -2.67. The van der Waals surface area contributed by atoms with E-state index >= 15 is 0 Å². The van der Waals surface area contributed by atoms with Gasteiger partial charge in [-0.3, -0.25) is 0 Å². The number of aliphatic hydroxyl groups excluding tert-OH is 8. The Kier molecular flexibility index (Phi) is 15.1. The van der Waals surface area contributed by atoms with E-state index < -0.39 is 136 Å². The fourth-order valence-electron chi connectivity index (χ4n) is 8.93. The van der Waals surface area contributed by atoms with Gasteiger partial charge in [0.15, 0.2) is 25.2 Å². The third-order valence-corrected chi connectivity index (χ3v) is 12.5. The molecule has 3 aromatic carbocycles. The zero-order chi connectivity index (χ0) is 46.1. The Morgan fingerprint density at radius 3 is 1.77 bits per heavy atom. The van der Waals surface area contributed by atoms with Crippen LogP contribution in [0.2, 0.25) is 0 Å². The van der Waals surface area contributed by atoms with E-state index in [4.69, 9.17) is 61.6 Å². The van der Waals surface area contributed by atoms with E-state index in [2.05, 4.69) is 0 Å². The van der Waals surface area contributed by atoms with Crippen LogP contribution in [0.3, 0.4) is 0 Å². The topological polar surface area (TPSA) is 282 Å². The summed E-state index contributed by atoms with van der Waals surface area (Å²) < 4.78 is 77.1. The second-order valence-electron chi connectivity index (χ2n) is 16.9.